The summed E-state index contributed by atoms with van der Waals surface area (Å²) in [6, 6.07) is 0. The number of rotatable bonds is 8. The first kappa shape index (κ1) is 13.0. The van der Waals surface area contributed by atoms with E-state index in [-0.39, 0.29) is 0 Å². The van der Waals surface area contributed by atoms with E-state index in [0.717, 1.165) is 18.3 Å². The summed E-state index contributed by atoms with van der Waals surface area (Å²) < 4.78 is 0. The first-order valence-corrected chi connectivity index (χ1v) is 5.81. The molecule has 0 saturated carbocycles. The summed E-state index contributed by atoms with van der Waals surface area (Å²) >= 11 is 0. The monoisotopic (exact) mass is 186 g/mol. The topological polar surface area (TPSA) is 20.2 Å². The molecular formula is C12H26O. The van der Waals surface area contributed by atoms with Gasteiger partial charge in [-0.25, -0.2) is 0 Å². The smallest absolute Gasteiger partial charge is 0.0433 e. The lowest BCUT2D eigenvalue weighted by atomic mass is 9.94. The lowest BCUT2D eigenvalue weighted by Crippen LogP contribution is -2.02. The van der Waals surface area contributed by atoms with E-state index in [0.29, 0.717) is 6.61 Å². The van der Waals surface area contributed by atoms with Crippen LogP contribution in [0, 0.1) is 11.8 Å². The fourth-order valence-corrected chi connectivity index (χ4v) is 1.72. The maximum atomic E-state index is 8.81. The quantitative estimate of drug-likeness (QED) is 0.574. The van der Waals surface area contributed by atoms with Crippen molar-refractivity contribution in [2.75, 3.05) is 6.61 Å². The maximum absolute atomic E-state index is 8.81. The fourth-order valence-electron chi connectivity index (χ4n) is 1.72. The van der Waals surface area contributed by atoms with Crippen LogP contribution in [0.5, 0.6) is 0 Å². The molecule has 1 heteroatoms. The van der Waals surface area contributed by atoms with Gasteiger partial charge in [0, 0.05) is 6.61 Å². The van der Waals surface area contributed by atoms with Crippen LogP contribution in [0.4, 0.5) is 0 Å². The summed E-state index contributed by atoms with van der Waals surface area (Å²) in [5, 5.41) is 8.81. The molecule has 0 bridgehead atoms. The number of hydrogen-bond acceptors (Lipinski definition) is 1. The predicted octanol–water partition coefficient (Wildman–Crippen LogP) is 3.61. The molecule has 0 aliphatic heterocycles. The van der Waals surface area contributed by atoms with Gasteiger partial charge in [-0.05, 0) is 18.3 Å². The number of aliphatic hydroxyl groups excluding tert-OH is 1. The van der Waals surface area contributed by atoms with Gasteiger partial charge in [-0.1, -0.05) is 52.9 Å². The summed E-state index contributed by atoms with van der Waals surface area (Å²) in [7, 11) is 0. The Balaban J connectivity index is 3.27. The Morgan fingerprint density at radius 1 is 1.00 bits per heavy atom. The van der Waals surface area contributed by atoms with Crippen LogP contribution in [0.15, 0.2) is 0 Å². The summed E-state index contributed by atoms with van der Waals surface area (Å²) in [5.74, 6) is 1.61. The number of aliphatic hydroxyl groups is 1. The molecule has 1 nitrogen and oxygen atoms in total. The van der Waals surface area contributed by atoms with Gasteiger partial charge in [-0.2, -0.15) is 0 Å². The minimum atomic E-state index is 0.364. The Kier molecular flexibility index (Phi) is 8.53. The third-order valence-corrected chi connectivity index (χ3v) is 2.76. The van der Waals surface area contributed by atoms with Crippen LogP contribution in [-0.4, -0.2) is 11.7 Å². The van der Waals surface area contributed by atoms with Gasteiger partial charge in [0.15, 0.2) is 0 Å². The Morgan fingerprint density at radius 3 is 2.08 bits per heavy atom. The zero-order chi connectivity index (χ0) is 10.1. The average Bonchev–Trinajstić information content (AvgIpc) is 2.10. The highest BCUT2D eigenvalue weighted by molar-refractivity contribution is 4.57. The second-order valence-corrected chi connectivity index (χ2v) is 4.46. The van der Waals surface area contributed by atoms with Crippen LogP contribution in [0.2, 0.25) is 0 Å². The predicted molar refractivity (Wildman–Crippen MR) is 58.8 cm³/mol. The fraction of sp³-hybridized carbons (Fsp3) is 1.00. The molecule has 0 rings (SSSR count). The lowest BCUT2D eigenvalue weighted by molar-refractivity contribution is 0.246. The summed E-state index contributed by atoms with van der Waals surface area (Å²) in [4.78, 5) is 0. The Bertz CT molecular complexity index is 99.3. The lowest BCUT2D eigenvalue weighted by Gasteiger charge is -2.13. The molecule has 13 heavy (non-hydrogen) atoms. The van der Waals surface area contributed by atoms with E-state index in [4.69, 9.17) is 5.11 Å². The molecule has 0 saturated heterocycles. The second kappa shape index (κ2) is 8.55. The van der Waals surface area contributed by atoms with E-state index in [2.05, 4.69) is 20.8 Å². The van der Waals surface area contributed by atoms with Crippen molar-refractivity contribution in [3.05, 3.63) is 0 Å². The normalized spacial score (nSPS) is 13.6. The molecule has 0 fully saturated rings. The molecule has 0 heterocycles. The molecule has 1 atom stereocenters. The van der Waals surface area contributed by atoms with E-state index >= 15 is 0 Å². The van der Waals surface area contributed by atoms with Crippen molar-refractivity contribution in [1.29, 1.82) is 0 Å². The molecule has 0 aromatic heterocycles. The van der Waals surface area contributed by atoms with Crippen LogP contribution in [0.3, 0.4) is 0 Å². The third-order valence-electron chi connectivity index (χ3n) is 2.76. The van der Waals surface area contributed by atoms with Gasteiger partial charge in [0.05, 0.1) is 0 Å². The van der Waals surface area contributed by atoms with Crippen molar-refractivity contribution in [3.8, 4) is 0 Å². The minimum Gasteiger partial charge on any atom is -0.396 e. The maximum Gasteiger partial charge on any atom is 0.0433 e. The van der Waals surface area contributed by atoms with Crippen molar-refractivity contribution in [1.82, 2.24) is 0 Å². The first-order valence-electron chi connectivity index (χ1n) is 5.81. The molecule has 0 aromatic rings. The molecule has 0 aromatic carbocycles. The molecule has 0 radical (unpaired) electrons. The molecule has 0 amide bonds. The van der Waals surface area contributed by atoms with Crippen molar-refractivity contribution in [3.63, 3.8) is 0 Å². The molecule has 0 spiro atoms. The highest BCUT2D eigenvalue weighted by Crippen LogP contribution is 2.18. The Morgan fingerprint density at radius 2 is 1.62 bits per heavy atom. The van der Waals surface area contributed by atoms with Crippen LogP contribution in [-0.2, 0) is 0 Å². The molecule has 1 N–H and O–H groups in total. The van der Waals surface area contributed by atoms with Gasteiger partial charge in [0.1, 0.15) is 0 Å². The zero-order valence-electron chi connectivity index (χ0n) is 9.55. The summed E-state index contributed by atoms with van der Waals surface area (Å²) in [5.41, 5.74) is 0. The second-order valence-electron chi connectivity index (χ2n) is 4.46. The standard InChI is InChI=1S/C12H26O/c1-4-12(9-10-13)8-6-5-7-11(2)3/h11-13H,4-10H2,1-3H3/t12-/m0/s1. The SMILES string of the molecule is CC[C@H](CCO)CCCCC(C)C. The average molecular weight is 186 g/mol. The highest BCUT2D eigenvalue weighted by Gasteiger charge is 2.04. The molecular weight excluding hydrogens is 160 g/mol. The Hall–Kier alpha value is -0.0400. The Labute approximate surface area is 83.5 Å². The van der Waals surface area contributed by atoms with E-state index in [9.17, 15) is 0 Å². The van der Waals surface area contributed by atoms with Crippen molar-refractivity contribution in [2.45, 2.75) is 59.3 Å². The van der Waals surface area contributed by atoms with Gasteiger partial charge >= 0.3 is 0 Å². The number of unbranched alkanes of at least 4 members (excludes halogenated alkanes) is 1. The van der Waals surface area contributed by atoms with Crippen LogP contribution >= 0.6 is 0 Å². The van der Waals surface area contributed by atoms with Crippen molar-refractivity contribution < 1.29 is 5.11 Å². The minimum absolute atomic E-state index is 0.364. The van der Waals surface area contributed by atoms with Crippen molar-refractivity contribution in [2.24, 2.45) is 11.8 Å². The van der Waals surface area contributed by atoms with Crippen LogP contribution < -0.4 is 0 Å². The van der Waals surface area contributed by atoms with E-state index in [1.54, 1.807) is 0 Å². The van der Waals surface area contributed by atoms with Gasteiger partial charge < -0.3 is 5.11 Å². The largest absolute Gasteiger partial charge is 0.396 e. The van der Waals surface area contributed by atoms with E-state index < -0.39 is 0 Å². The van der Waals surface area contributed by atoms with Gasteiger partial charge in [0.25, 0.3) is 0 Å². The van der Waals surface area contributed by atoms with E-state index in [1.807, 2.05) is 0 Å². The van der Waals surface area contributed by atoms with Crippen LogP contribution in [0.25, 0.3) is 0 Å². The van der Waals surface area contributed by atoms with Gasteiger partial charge in [-0.3, -0.25) is 0 Å². The first-order chi connectivity index (χ1) is 6.20. The van der Waals surface area contributed by atoms with E-state index in [1.165, 1.54) is 32.1 Å². The molecule has 80 valence electrons. The third kappa shape index (κ3) is 8.29. The van der Waals surface area contributed by atoms with Crippen molar-refractivity contribution >= 4 is 0 Å². The highest BCUT2D eigenvalue weighted by atomic mass is 16.3. The number of hydrogen-bond donors (Lipinski definition) is 1. The molecule has 0 aliphatic carbocycles. The van der Waals surface area contributed by atoms with Crippen LogP contribution in [0.1, 0.15) is 59.3 Å². The summed E-state index contributed by atoms with van der Waals surface area (Å²) in [6.45, 7) is 7.15. The van der Waals surface area contributed by atoms with Gasteiger partial charge in [-0.15, -0.1) is 0 Å². The molecule has 0 unspecified atom stereocenters. The molecule has 0 aliphatic rings. The van der Waals surface area contributed by atoms with Gasteiger partial charge in [0.2, 0.25) is 0 Å². The summed E-state index contributed by atoms with van der Waals surface area (Å²) in [6.07, 6.45) is 7.59. The zero-order valence-corrected chi connectivity index (χ0v) is 9.55.